The summed E-state index contributed by atoms with van der Waals surface area (Å²) in [6, 6.07) is 21.0. The van der Waals surface area contributed by atoms with Crippen LogP contribution in [0.1, 0.15) is 34.7 Å². The second kappa shape index (κ2) is 9.95. The first-order valence-corrected chi connectivity index (χ1v) is 13.1. The van der Waals surface area contributed by atoms with Gasteiger partial charge in [0.1, 0.15) is 0 Å². The molecule has 6 rings (SSSR count). The molecule has 0 spiro atoms. The molecular formula is C29H30N6OS. The van der Waals surface area contributed by atoms with Gasteiger partial charge in [-0.15, -0.1) is 0 Å². The standard InChI is InChI=1S/C29H30N6OS/c1-20-18-25(21(2)34(20)24-6-5-12-30-19-24)28-27(26-7-3-4-13-31-26)32-29(37)35(28)23-10-8-22(9-11-23)33-14-16-36-17-15-33/h3-13,18-19,27-28H,14-17H2,1-2H3,(H,32,37)/t27-,28+/m1/s1. The molecule has 3 aromatic heterocycles. The van der Waals surface area contributed by atoms with Crippen LogP contribution in [0, 0.1) is 13.8 Å². The van der Waals surface area contributed by atoms with E-state index >= 15 is 0 Å². The summed E-state index contributed by atoms with van der Waals surface area (Å²) in [4.78, 5) is 13.7. The zero-order valence-corrected chi connectivity index (χ0v) is 21.9. The lowest BCUT2D eigenvalue weighted by atomic mass is 9.96. The first kappa shape index (κ1) is 23.6. The molecular weight excluding hydrogens is 480 g/mol. The monoisotopic (exact) mass is 510 g/mol. The molecule has 2 fully saturated rings. The minimum atomic E-state index is -0.0875. The Labute approximate surface area is 222 Å². The summed E-state index contributed by atoms with van der Waals surface area (Å²) in [5, 5.41) is 4.29. The highest BCUT2D eigenvalue weighted by Gasteiger charge is 2.42. The van der Waals surface area contributed by atoms with Crippen LogP contribution in [0.25, 0.3) is 5.69 Å². The van der Waals surface area contributed by atoms with E-state index in [1.807, 2.05) is 30.6 Å². The van der Waals surface area contributed by atoms with Crippen molar-refractivity contribution in [3.63, 3.8) is 0 Å². The Bertz CT molecular complexity index is 1380. The zero-order valence-electron chi connectivity index (χ0n) is 21.0. The van der Waals surface area contributed by atoms with E-state index in [0.717, 1.165) is 54.8 Å². The lowest BCUT2D eigenvalue weighted by Gasteiger charge is -2.31. The van der Waals surface area contributed by atoms with Gasteiger partial charge < -0.3 is 24.4 Å². The van der Waals surface area contributed by atoms with Crippen LogP contribution in [0.4, 0.5) is 11.4 Å². The second-order valence-electron chi connectivity index (χ2n) is 9.49. The van der Waals surface area contributed by atoms with Crippen LogP contribution >= 0.6 is 12.2 Å². The number of ether oxygens (including phenoxy) is 1. The summed E-state index contributed by atoms with van der Waals surface area (Å²) in [6.45, 7) is 7.67. The van der Waals surface area contributed by atoms with Crippen molar-refractivity contribution in [2.45, 2.75) is 25.9 Å². The molecule has 2 aliphatic heterocycles. The molecule has 7 nitrogen and oxygen atoms in total. The fourth-order valence-corrected chi connectivity index (χ4v) is 5.91. The third-order valence-electron chi connectivity index (χ3n) is 7.30. The van der Waals surface area contributed by atoms with Crippen molar-refractivity contribution in [1.82, 2.24) is 19.9 Å². The van der Waals surface area contributed by atoms with Gasteiger partial charge in [0.15, 0.2) is 5.11 Å². The number of aromatic nitrogens is 3. The minimum Gasteiger partial charge on any atom is -0.378 e. The van der Waals surface area contributed by atoms with E-state index in [0.29, 0.717) is 5.11 Å². The smallest absolute Gasteiger partial charge is 0.174 e. The molecule has 8 heteroatoms. The fourth-order valence-electron chi connectivity index (χ4n) is 5.56. The molecule has 188 valence electrons. The average Bonchev–Trinajstić information content (AvgIpc) is 3.45. The molecule has 0 unspecified atom stereocenters. The highest BCUT2D eigenvalue weighted by molar-refractivity contribution is 7.80. The Morgan fingerprint density at radius 2 is 1.70 bits per heavy atom. The van der Waals surface area contributed by atoms with Gasteiger partial charge in [0.2, 0.25) is 0 Å². The number of rotatable bonds is 5. The van der Waals surface area contributed by atoms with E-state index in [1.165, 1.54) is 11.3 Å². The van der Waals surface area contributed by atoms with Crippen molar-refractivity contribution in [3.8, 4) is 5.69 Å². The molecule has 2 atom stereocenters. The normalized spacial score (nSPS) is 19.8. The van der Waals surface area contributed by atoms with Crippen LogP contribution in [0.15, 0.2) is 79.3 Å². The van der Waals surface area contributed by atoms with Crippen molar-refractivity contribution >= 4 is 28.7 Å². The maximum Gasteiger partial charge on any atom is 0.174 e. The van der Waals surface area contributed by atoms with Gasteiger partial charge >= 0.3 is 0 Å². The number of pyridine rings is 2. The second-order valence-corrected chi connectivity index (χ2v) is 9.87. The van der Waals surface area contributed by atoms with Crippen molar-refractivity contribution in [2.24, 2.45) is 0 Å². The topological polar surface area (TPSA) is 58.5 Å². The summed E-state index contributed by atoms with van der Waals surface area (Å²) in [5.41, 5.74) is 7.81. The Kier molecular flexibility index (Phi) is 6.36. The van der Waals surface area contributed by atoms with Gasteiger partial charge in [0.25, 0.3) is 0 Å². The van der Waals surface area contributed by atoms with Gasteiger partial charge in [-0.05, 0) is 86.2 Å². The molecule has 4 aromatic rings. The quantitative estimate of drug-likeness (QED) is 0.383. The Balaban J connectivity index is 1.43. The molecule has 37 heavy (non-hydrogen) atoms. The maximum absolute atomic E-state index is 5.95. The molecule has 0 aliphatic carbocycles. The zero-order chi connectivity index (χ0) is 25.4. The lowest BCUT2D eigenvalue weighted by Crippen LogP contribution is -2.36. The first-order chi connectivity index (χ1) is 18.1. The van der Waals surface area contributed by atoms with Crippen LogP contribution in [-0.2, 0) is 4.74 Å². The number of anilines is 2. The molecule has 2 aliphatic rings. The Morgan fingerprint density at radius 1 is 0.919 bits per heavy atom. The molecule has 0 radical (unpaired) electrons. The van der Waals surface area contributed by atoms with E-state index in [4.69, 9.17) is 21.9 Å². The highest BCUT2D eigenvalue weighted by atomic mass is 32.1. The number of nitrogens with zero attached hydrogens (tertiary/aromatic N) is 5. The minimum absolute atomic E-state index is 0.0618. The van der Waals surface area contributed by atoms with Gasteiger partial charge in [-0.1, -0.05) is 6.07 Å². The van der Waals surface area contributed by atoms with E-state index in [-0.39, 0.29) is 12.1 Å². The fraction of sp³-hybridized carbons (Fsp3) is 0.276. The van der Waals surface area contributed by atoms with E-state index in [1.54, 1.807) is 6.20 Å². The van der Waals surface area contributed by atoms with Crippen LogP contribution in [-0.4, -0.2) is 46.0 Å². The van der Waals surface area contributed by atoms with Gasteiger partial charge in [-0.2, -0.15) is 0 Å². The number of aryl methyl sites for hydroxylation is 1. The van der Waals surface area contributed by atoms with Crippen molar-refractivity contribution in [3.05, 3.63) is 102 Å². The van der Waals surface area contributed by atoms with Crippen LogP contribution < -0.4 is 15.1 Å². The van der Waals surface area contributed by atoms with Crippen LogP contribution in [0.2, 0.25) is 0 Å². The largest absolute Gasteiger partial charge is 0.378 e. The average molecular weight is 511 g/mol. The first-order valence-electron chi connectivity index (χ1n) is 12.6. The molecule has 0 amide bonds. The lowest BCUT2D eigenvalue weighted by molar-refractivity contribution is 0.122. The van der Waals surface area contributed by atoms with Gasteiger partial charge in [0, 0.05) is 48.2 Å². The summed E-state index contributed by atoms with van der Waals surface area (Å²) in [5.74, 6) is 0. The summed E-state index contributed by atoms with van der Waals surface area (Å²) < 4.78 is 7.79. The summed E-state index contributed by atoms with van der Waals surface area (Å²) in [6.07, 6.45) is 5.55. The van der Waals surface area contributed by atoms with Crippen molar-refractivity contribution in [1.29, 1.82) is 0 Å². The molecule has 1 aromatic carbocycles. The third kappa shape index (κ3) is 4.36. The molecule has 0 bridgehead atoms. The highest BCUT2D eigenvalue weighted by Crippen LogP contribution is 2.44. The van der Waals surface area contributed by atoms with Crippen LogP contribution in [0.5, 0.6) is 0 Å². The number of morpholine rings is 1. The van der Waals surface area contributed by atoms with E-state index in [9.17, 15) is 0 Å². The predicted molar refractivity (Wildman–Crippen MR) is 150 cm³/mol. The van der Waals surface area contributed by atoms with Gasteiger partial charge in [-0.3, -0.25) is 9.97 Å². The van der Waals surface area contributed by atoms with Crippen LogP contribution in [0.3, 0.4) is 0 Å². The molecule has 5 heterocycles. The summed E-state index contributed by atoms with van der Waals surface area (Å²) in [7, 11) is 0. The predicted octanol–water partition coefficient (Wildman–Crippen LogP) is 4.90. The van der Waals surface area contributed by atoms with Gasteiger partial charge in [0.05, 0.1) is 42.9 Å². The number of hydrogen-bond acceptors (Lipinski definition) is 5. The third-order valence-corrected chi connectivity index (χ3v) is 7.61. The molecule has 1 N–H and O–H groups in total. The Morgan fingerprint density at radius 3 is 2.41 bits per heavy atom. The molecule has 2 saturated heterocycles. The SMILES string of the molecule is Cc1cc([C@H]2[C@@H](c3ccccn3)NC(=S)N2c2ccc(N3CCOCC3)cc2)c(C)n1-c1cccnc1. The number of benzene rings is 1. The maximum atomic E-state index is 5.95. The van der Waals surface area contributed by atoms with Crippen molar-refractivity contribution in [2.75, 3.05) is 36.1 Å². The van der Waals surface area contributed by atoms with Crippen molar-refractivity contribution < 1.29 is 4.74 Å². The van der Waals surface area contributed by atoms with E-state index < -0.39 is 0 Å². The Hall–Kier alpha value is -3.75. The summed E-state index contributed by atoms with van der Waals surface area (Å²) >= 11 is 5.95. The van der Waals surface area contributed by atoms with Gasteiger partial charge in [-0.25, -0.2) is 0 Å². The molecule has 0 saturated carbocycles. The number of hydrogen-bond donors (Lipinski definition) is 1. The van der Waals surface area contributed by atoms with E-state index in [2.05, 4.69) is 81.0 Å². The number of thiocarbonyl (C=S) groups is 1. The number of nitrogens with one attached hydrogen (secondary N) is 1.